The Bertz CT molecular complexity index is 892. The number of amides is 1. The van der Waals surface area contributed by atoms with Crippen LogP contribution in [0.1, 0.15) is 11.3 Å². The molecule has 0 N–H and O–H groups in total. The molecule has 0 radical (unpaired) electrons. The maximum atomic E-state index is 12.3. The van der Waals surface area contributed by atoms with Crippen LogP contribution in [0, 0.1) is 6.92 Å². The molecule has 1 heterocycles. The molecule has 0 fully saturated rings. The predicted molar refractivity (Wildman–Crippen MR) is 105 cm³/mol. The van der Waals surface area contributed by atoms with Gasteiger partial charge in [-0.25, -0.2) is 4.98 Å². The topological polar surface area (TPSA) is 42.4 Å². The van der Waals surface area contributed by atoms with Gasteiger partial charge in [0.25, 0.3) is 0 Å². The van der Waals surface area contributed by atoms with E-state index in [0.717, 1.165) is 32.1 Å². The van der Waals surface area contributed by atoms with Crippen molar-refractivity contribution in [1.82, 2.24) is 9.88 Å². The largest absolute Gasteiger partial charge is 0.497 e. The average molecular weight is 373 g/mol. The molecule has 6 heteroatoms. The van der Waals surface area contributed by atoms with Crippen LogP contribution in [0.5, 0.6) is 5.75 Å². The van der Waals surface area contributed by atoms with Crippen LogP contribution in [0.3, 0.4) is 0 Å². The van der Waals surface area contributed by atoms with E-state index in [1.165, 1.54) is 11.8 Å². The first-order chi connectivity index (χ1) is 12.0. The fourth-order valence-corrected chi connectivity index (χ4v) is 4.28. The zero-order chi connectivity index (χ0) is 17.8. The number of benzene rings is 2. The molecule has 0 unspecified atom stereocenters. The Labute approximate surface area is 155 Å². The molecule has 4 nitrogen and oxygen atoms in total. The lowest BCUT2D eigenvalue weighted by atomic mass is 10.1. The number of nitrogens with zero attached hydrogens (tertiary/aromatic N) is 2. The van der Waals surface area contributed by atoms with Crippen molar-refractivity contribution in [1.29, 1.82) is 0 Å². The van der Waals surface area contributed by atoms with Crippen molar-refractivity contribution in [2.24, 2.45) is 0 Å². The number of methoxy groups -OCH3 is 1. The first-order valence-electron chi connectivity index (χ1n) is 7.91. The molecule has 0 aliphatic rings. The molecule has 3 rings (SSSR count). The van der Waals surface area contributed by atoms with Gasteiger partial charge in [-0.05, 0) is 41.5 Å². The minimum Gasteiger partial charge on any atom is -0.497 e. The summed E-state index contributed by atoms with van der Waals surface area (Å²) in [5.74, 6) is 1.36. The molecule has 2 aromatic carbocycles. The predicted octanol–water partition coefficient (Wildman–Crippen LogP) is 4.36. The molecule has 130 valence electrons. The van der Waals surface area contributed by atoms with Gasteiger partial charge in [-0.15, -0.1) is 11.3 Å². The fourth-order valence-electron chi connectivity index (χ4n) is 2.49. The van der Waals surface area contributed by atoms with Crippen molar-refractivity contribution in [2.45, 2.75) is 17.8 Å². The van der Waals surface area contributed by atoms with Crippen LogP contribution in [0.4, 0.5) is 0 Å². The van der Waals surface area contributed by atoms with Crippen LogP contribution in [-0.2, 0) is 11.3 Å². The van der Waals surface area contributed by atoms with Crippen LogP contribution in [0.15, 0.2) is 46.1 Å². The average Bonchev–Trinajstić information content (AvgIpc) is 3.04. The van der Waals surface area contributed by atoms with Crippen LogP contribution in [-0.4, -0.2) is 35.7 Å². The van der Waals surface area contributed by atoms with Gasteiger partial charge in [-0.1, -0.05) is 30.0 Å². The van der Waals surface area contributed by atoms with Crippen molar-refractivity contribution in [3.63, 3.8) is 0 Å². The van der Waals surface area contributed by atoms with Crippen LogP contribution in [0.2, 0.25) is 0 Å². The summed E-state index contributed by atoms with van der Waals surface area (Å²) in [6, 6.07) is 12.3. The van der Waals surface area contributed by atoms with E-state index >= 15 is 0 Å². The van der Waals surface area contributed by atoms with Gasteiger partial charge in [-0.3, -0.25) is 4.79 Å². The second-order valence-electron chi connectivity index (χ2n) is 5.84. The van der Waals surface area contributed by atoms with E-state index < -0.39 is 0 Å². The molecule has 0 saturated carbocycles. The van der Waals surface area contributed by atoms with Gasteiger partial charge in [0.2, 0.25) is 5.91 Å². The highest BCUT2D eigenvalue weighted by molar-refractivity contribution is 8.01. The summed E-state index contributed by atoms with van der Waals surface area (Å²) in [4.78, 5) is 18.5. The fraction of sp³-hybridized carbons (Fsp3) is 0.263. The number of thioether (sulfide) groups is 1. The van der Waals surface area contributed by atoms with E-state index in [2.05, 4.69) is 23.2 Å². The molecular weight excluding hydrogens is 352 g/mol. The number of ether oxygens (including phenoxy) is 1. The molecule has 0 saturated heterocycles. The minimum absolute atomic E-state index is 0.104. The van der Waals surface area contributed by atoms with E-state index in [1.807, 2.05) is 37.6 Å². The Morgan fingerprint density at radius 3 is 2.72 bits per heavy atom. The van der Waals surface area contributed by atoms with Crippen LogP contribution >= 0.6 is 23.1 Å². The van der Waals surface area contributed by atoms with Gasteiger partial charge in [0.15, 0.2) is 4.34 Å². The number of carbonyl (C=O) groups excluding carboxylic acids is 1. The number of carbonyl (C=O) groups is 1. The quantitative estimate of drug-likeness (QED) is 0.603. The van der Waals surface area contributed by atoms with Gasteiger partial charge in [0.05, 0.1) is 12.9 Å². The Morgan fingerprint density at radius 2 is 2.00 bits per heavy atom. The zero-order valence-corrected chi connectivity index (χ0v) is 16.1. The number of rotatable bonds is 6. The highest BCUT2D eigenvalue weighted by Crippen LogP contribution is 2.24. The number of aromatic nitrogens is 1. The molecular formula is C19H20N2O2S2. The van der Waals surface area contributed by atoms with Crippen molar-refractivity contribution in [3.8, 4) is 5.75 Å². The smallest absolute Gasteiger partial charge is 0.233 e. The van der Waals surface area contributed by atoms with E-state index in [9.17, 15) is 4.79 Å². The number of hydrogen-bond acceptors (Lipinski definition) is 5. The number of hydrogen-bond donors (Lipinski definition) is 0. The van der Waals surface area contributed by atoms with E-state index in [1.54, 1.807) is 23.3 Å². The van der Waals surface area contributed by atoms with Gasteiger partial charge in [0.1, 0.15) is 5.75 Å². The second-order valence-corrected chi connectivity index (χ2v) is 7.92. The Kier molecular flexibility index (Phi) is 5.60. The number of aryl methyl sites for hydroxylation is 1. The third kappa shape index (κ3) is 4.52. The van der Waals surface area contributed by atoms with E-state index in [0.29, 0.717) is 12.3 Å². The highest BCUT2D eigenvalue weighted by atomic mass is 32.2. The monoisotopic (exact) mass is 372 g/mol. The first kappa shape index (κ1) is 17.8. The maximum absolute atomic E-state index is 12.3. The molecule has 0 aliphatic carbocycles. The summed E-state index contributed by atoms with van der Waals surface area (Å²) >= 11 is 3.08. The third-order valence-corrected chi connectivity index (χ3v) is 6.00. The molecule has 0 bridgehead atoms. The zero-order valence-electron chi connectivity index (χ0n) is 14.5. The first-order valence-corrected chi connectivity index (χ1v) is 9.77. The molecule has 0 aliphatic heterocycles. The van der Waals surface area contributed by atoms with Gasteiger partial charge >= 0.3 is 0 Å². The second kappa shape index (κ2) is 7.89. The summed E-state index contributed by atoms with van der Waals surface area (Å²) in [6.07, 6.45) is 0. The van der Waals surface area contributed by atoms with Gasteiger partial charge < -0.3 is 9.64 Å². The van der Waals surface area contributed by atoms with Crippen molar-refractivity contribution < 1.29 is 9.53 Å². The Balaban J connectivity index is 1.62. The molecule has 1 amide bonds. The van der Waals surface area contributed by atoms with Gasteiger partial charge in [0, 0.05) is 24.7 Å². The normalized spacial score (nSPS) is 10.8. The maximum Gasteiger partial charge on any atom is 0.233 e. The van der Waals surface area contributed by atoms with E-state index in [4.69, 9.17) is 4.74 Å². The standard InChI is InChI=1S/C19H20N2O2S2/c1-13-11-24-19(20-13)25-12-18(22)21(2)10-14-4-5-16-9-17(23-3)7-6-15(16)8-14/h4-9,11H,10,12H2,1-3H3. The SMILES string of the molecule is COc1ccc2cc(CN(C)C(=O)CSc3nc(C)cs3)ccc2c1. The lowest BCUT2D eigenvalue weighted by Gasteiger charge is -2.17. The highest BCUT2D eigenvalue weighted by Gasteiger charge is 2.11. The molecule has 0 spiro atoms. The van der Waals surface area contributed by atoms with Gasteiger partial charge in [-0.2, -0.15) is 0 Å². The van der Waals surface area contributed by atoms with Crippen molar-refractivity contribution >= 4 is 39.8 Å². The van der Waals surface area contributed by atoms with Crippen LogP contribution < -0.4 is 4.74 Å². The number of thiazole rings is 1. The van der Waals surface area contributed by atoms with Crippen molar-refractivity contribution in [3.05, 3.63) is 53.0 Å². The summed E-state index contributed by atoms with van der Waals surface area (Å²) < 4.78 is 6.20. The third-order valence-electron chi connectivity index (χ3n) is 3.87. The molecule has 0 atom stereocenters. The van der Waals surface area contributed by atoms with E-state index in [-0.39, 0.29) is 5.91 Å². The Morgan fingerprint density at radius 1 is 1.24 bits per heavy atom. The molecule has 3 aromatic rings. The summed E-state index contributed by atoms with van der Waals surface area (Å²) in [6.45, 7) is 2.56. The lowest BCUT2D eigenvalue weighted by Crippen LogP contribution is -2.27. The Hall–Kier alpha value is -2.05. The lowest BCUT2D eigenvalue weighted by molar-refractivity contribution is -0.127. The molecule has 25 heavy (non-hydrogen) atoms. The van der Waals surface area contributed by atoms with Crippen LogP contribution in [0.25, 0.3) is 10.8 Å². The molecule has 1 aromatic heterocycles. The summed E-state index contributed by atoms with van der Waals surface area (Å²) in [5, 5.41) is 4.28. The number of fused-ring (bicyclic) bond motifs is 1. The summed E-state index contributed by atoms with van der Waals surface area (Å²) in [7, 11) is 3.51. The minimum atomic E-state index is 0.104. The van der Waals surface area contributed by atoms with Crippen molar-refractivity contribution in [2.75, 3.05) is 19.9 Å². The summed E-state index contributed by atoms with van der Waals surface area (Å²) in [5.41, 5.74) is 2.12.